The molecule has 1 fully saturated rings. The smallest absolute Gasteiger partial charge is 0.191 e. The summed E-state index contributed by atoms with van der Waals surface area (Å²) in [6.45, 7) is 8.43. The molecule has 3 N–H and O–H groups in total. The fourth-order valence-corrected chi connectivity index (χ4v) is 2.87. The van der Waals surface area contributed by atoms with Crippen molar-refractivity contribution in [1.29, 1.82) is 0 Å². The Morgan fingerprint density at radius 2 is 1.90 bits per heavy atom. The highest BCUT2D eigenvalue weighted by Crippen LogP contribution is 2.18. The molecule has 1 aliphatic carbocycles. The van der Waals surface area contributed by atoms with E-state index in [4.69, 9.17) is 4.99 Å². The number of aliphatic imine (C=N–C) groups is 1. The molecule has 0 amide bonds. The van der Waals surface area contributed by atoms with Gasteiger partial charge in [-0.25, -0.2) is 0 Å². The van der Waals surface area contributed by atoms with E-state index < -0.39 is 0 Å². The van der Waals surface area contributed by atoms with Gasteiger partial charge >= 0.3 is 0 Å². The second kappa shape index (κ2) is 10.9. The van der Waals surface area contributed by atoms with Gasteiger partial charge in [0.25, 0.3) is 0 Å². The summed E-state index contributed by atoms with van der Waals surface area (Å²) in [5.74, 6) is 1.66. The highest BCUT2D eigenvalue weighted by molar-refractivity contribution is 5.80. The Morgan fingerprint density at radius 1 is 1.19 bits per heavy atom. The minimum atomic E-state index is -0.0962. The van der Waals surface area contributed by atoms with Gasteiger partial charge in [0.2, 0.25) is 0 Å². The molecule has 1 rings (SSSR count). The third kappa shape index (κ3) is 7.70. The van der Waals surface area contributed by atoms with Gasteiger partial charge in [-0.2, -0.15) is 0 Å². The summed E-state index contributed by atoms with van der Waals surface area (Å²) in [5, 5.41) is 16.5. The highest BCUT2D eigenvalue weighted by atomic mass is 16.3. The Hall–Kier alpha value is -0.770. The first kappa shape index (κ1) is 18.3. The largest absolute Gasteiger partial charge is 0.393 e. The van der Waals surface area contributed by atoms with E-state index in [0.29, 0.717) is 12.0 Å². The number of rotatable bonds is 8. The average Bonchev–Trinajstić information content (AvgIpc) is 2.50. The first-order chi connectivity index (χ1) is 10.2. The van der Waals surface area contributed by atoms with Gasteiger partial charge in [-0.3, -0.25) is 4.99 Å². The summed E-state index contributed by atoms with van der Waals surface area (Å²) < 4.78 is 0. The van der Waals surface area contributed by atoms with E-state index in [0.717, 1.165) is 44.7 Å². The second-order valence-electron chi connectivity index (χ2n) is 6.29. The average molecular weight is 297 g/mol. The molecule has 0 heterocycles. The lowest BCUT2D eigenvalue weighted by atomic mass is 9.93. The molecular formula is C17H35N3O. The van der Waals surface area contributed by atoms with Crippen LogP contribution < -0.4 is 10.6 Å². The van der Waals surface area contributed by atoms with Crippen molar-refractivity contribution in [3.63, 3.8) is 0 Å². The van der Waals surface area contributed by atoms with E-state index in [1.54, 1.807) is 0 Å². The lowest BCUT2D eigenvalue weighted by molar-refractivity contribution is 0.120. The quantitative estimate of drug-likeness (QED) is 0.477. The number of hydrogen-bond donors (Lipinski definition) is 3. The van der Waals surface area contributed by atoms with Crippen LogP contribution in [-0.4, -0.2) is 36.3 Å². The van der Waals surface area contributed by atoms with Crippen molar-refractivity contribution in [2.45, 2.75) is 84.3 Å². The standard InChI is InChI=1S/C17H35N3O/c1-4-7-8-14(5-2)13-19-17(18-6-3)20-15-9-11-16(21)12-10-15/h14-16,21H,4-13H2,1-3H3,(H2,18,19,20). The molecule has 0 radical (unpaired) electrons. The molecule has 4 heteroatoms. The normalized spacial score (nSPS) is 24.7. The predicted octanol–water partition coefficient (Wildman–Crippen LogP) is 3.06. The predicted molar refractivity (Wildman–Crippen MR) is 90.7 cm³/mol. The molecule has 0 aliphatic heterocycles. The van der Waals surface area contributed by atoms with Crippen molar-refractivity contribution in [1.82, 2.24) is 10.6 Å². The van der Waals surface area contributed by atoms with E-state index in [9.17, 15) is 5.11 Å². The van der Waals surface area contributed by atoms with Crippen LogP contribution in [0.25, 0.3) is 0 Å². The molecule has 21 heavy (non-hydrogen) atoms. The Balaban J connectivity index is 2.44. The van der Waals surface area contributed by atoms with Gasteiger partial charge in [0.1, 0.15) is 0 Å². The van der Waals surface area contributed by atoms with E-state index in [-0.39, 0.29) is 6.10 Å². The highest BCUT2D eigenvalue weighted by Gasteiger charge is 2.20. The third-order valence-electron chi connectivity index (χ3n) is 4.43. The second-order valence-corrected chi connectivity index (χ2v) is 6.29. The van der Waals surface area contributed by atoms with Gasteiger partial charge in [-0.05, 0) is 44.9 Å². The summed E-state index contributed by atoms with van der Waals surface area (Å²) in [7, 11) is 0. The summed E-state index contributed by atoms with van der Waals surface area (Å²) in [5.41, 5.74) is 0. The molecular weight excluding hydrogens is 262 g/mol. The lowest BCUT2D eigenvalue weighted by Crippen LogP contribution is -2.45. The molecule has 1 aliphatic rings. The number of guanidine groups is 1. The number of aliphatic hydroxyl groups excluding tert-OH is 1. The van der Waals surface area contributed by atoms with E-state index in [2.05, 4.69) is 31.4 Å². The number of unbranched alkanes of at least 4 members (excludes halogenated alkanes) is 1. The van der Waals surface area contributed by atoms with Crippen molar-refractivity contribution in [3.05, 3.63) is 0 Å². The van der Waals surface area contributed by atoms with Gasteiger partial charge < -0.3 is 15.7 Å². The third-order valence-corrected chi connectivity index (χ3v) is 4.43. The first-order valence-electron chi connectivity index (χ1n) is 8.92. The van der Waals surface area contributed by atoms with Crippen LogP contribution in [0.15, 0.2) is 4.99 Å². The maximum Gasteiger partial charge on any atom is 0.191 e. The van der Waals surface area contributed by atoms with Gasteiger partial charge in [0.05, 0.1) is 6.10 Å². The summed E-state index contributed by atoms with van der Waals surface area (Å²) >= 11 is 0. The number of hydrogen-bond acceptors (Lipinski definition) is 2. The minimum absolute atomic E-state index is 0.0962. The zero-order chi connectivity index (χ0) is 15.5. The molecule has 1 atom stereocenters. The van der Waals surface area contributed by atoms with Crippen molar-refractivity contribution in [3.8, 4) is 0 Å². The molecule has 1 saturated carbocycles. The van der Waals surface area contributed by atoms with Crippen LogP contribution >= 0.6 is 0 Å². The molecule has 0 aromatic heterocycles. The molecule has 0 saturated heterocycles. The Bertz CT molecular complexity index is 286. The van der Waals surface area contributed by atoms with Gasteiger partial charge in [0.15, 0.2) is 5.96 Å². The SMILES string of the molecule is CCCCC(CC)CN=C(NCC)NC1CCC(O)CC1. The molecule has 124 valence electrons. The van der Waals surface area contributed by atoms with Crippen molar-refractivity contribution >= 4 is 5.96 Å². The minimum Gasteiger partial charge on any atom is -0.393 e. The number of nitrogens with zero attached hydrogens (tertiary/aromatic N) is 1. The molecule has 0 spiro atoms. The molecule has 1 unspecified atom stereocenters. The van der Waals surface area contributed by atoms with Crippen molar-refractivity contribution in [2.24, 2.45) is 10.9 Å². The van der Waals surface area contributed by atoms with Gasteiger partial charge in [-0.15, -0.1) is 0 Å². The van der Waals surface area contributed by atoms with Crippen LogP contribution in [0, 0.1) is 5.92 Å². The Morgan fingerprint density at radius 3 is 2.48 bits per heavy atom. The molecule has 4 nitrogen and oxygen atoms in total. The Labute approximate surface area is 130 Å². The topological polar surface area (TPSA) is 56.7 Å². The molecule has 0 bridgehead atoms. The van der Waals surface area contributed by atoms with Crippen LogP contribution in [0.5, 0.6) is 0 Å². The summed E-state index contributed by atoms with van der Waals surface area (Å²) in [6.07, 6.45) is 8.86. The fraction of sp³-hybridized carbons (Fsp3) is 0.941. The van der Waals surface area contributed by atoms with Crippen LogP contribution in [0.3, 0.4) is 0 Å². The molecule has 0 aromatic carbocycles. The number of nitrogens with one attached hydrogen (secondary N) is 2. The zero-order valence-electron chi connectivity index (χ0n) is 14.2. The van der Waals surface area contributed by atoms with Crippen LogP contribution in [-0.2, 0) is 0 Å². The van der Waals surface area contributed by atoms with Crippen molar-refractivity contribution in [2.75, 3.05) is 13.1 Å². The lowest BCUT2D eigenvalue weighted by Gasteiger charge is -2.27. The Kier molecular flexibility index (Phi) is 9.48. The maximum absolute atomic E-state index is 9.58. The molecule has 0 aromatic rings. The van der Waals surface area contributed by atoms with Crippen LogP contribution in [0.1, 0.15) is 72.1 Å². The van der Waals surface area contributed by atoms with Crippen LogP contribution in [0.2, 0.25) is 0 Å². The maximum atomic E-state index is 9.58. The summed E-state index contributed by atoms with van der Waals surface area (Å²) in [4.78, 5) is 4.78. The van der Waals surface area contributed by atoms with E-state index in [1.807, 2.05) is 0 Å². The van der Waals surface area contributed by atoms with E-state index >= 15 is 0 Å². The van der Waals surface area contributed by atoms with Gasteiger partial charge in [0, 0.05) is 19.1 Å². The van der Waals surface area contributed by atoms with Gasteiger partial charge in [-0.1, -0.05) is 33.1 Å². The summed E-state index contributed by atoms with van der Waals surface area (Å²) in [6, 6.07) is 0.460. The van der Waals surface area contributed by atoms with Crippen LogP contribution in [0.4, 0.5) is 0 Å². The van der Waals surface area contributed by atoms with Crippen molar-refractivity contribution < 1.29 is 5.11 Å². The van der Waals surface area contributed by atoms with E-state index in [1.165, 1.54) is 25.7 Å². The number of aliphatic hydroxyl groups is 1. The monoisotopic (exact) mass is 297 g/mol. The first-order valence-corrected chi connectivity index (χ1v) is 8.92. The zero-order valence-corrected chi connectivity index (χ0v) is 14.2. The fourth-order valence-electron chi connectivity index (χ4n) is 2.87.